The van der Waals surface area contributed by atoms with Gasteiger partial charge in [0.25, 0.3) is 0 Å². The number of hydrogen-bond donors (Lipinski definition) is 0. The first-order valence-corrected chi connectivity index (χ1v) is 10.2. The summed E-state index contributed by atoms with van der Waals surface area (Å²) >= 11 is 0. The molecule has 158 valence electrons. The summed E-state index contributed by atoms with van der Waals surface area (Å²) in [7, 11) is 6.58. The quantitative estimate of drug-likeness (QED) is 0.185. The van der Waals surface area contributed by atoms with Crippen molar-refractivity contribution < 1.29 is 9.59 Å². The standard InChI is InChI=1S/C23H37N3O.HI/c1-18-15-19(2)22(20(3)16-18)17-25(13-10-14-26(4,5)6)23(27)24-21-11-8-7-9-12-21;/h7-9,11-12,15,19-20,22H,10,13-14,16-17H2,1-6H3;1H. The normalized spacial score (nSPS) is 23.0. The Morgan fingerprint density at radius 3 is 2.39 bits per heavy atom. The van der Waals surface area contributed by atoms with E-state index in [-0.39, 0.29) is 30.0 Å². The number of quaternary nitrogens is 1. The fraction of sp³-hybridized carbons (Fsp3) is 0.609. The molecule has 0 heterocycles. The second-order valence-corrected chi connectivity index (χ2v) is 9.26. The number of amidine groups is 1. The minimum absolute atomic E-state index is 0. The predicted molar refractivity (Wildman–Crippen MR) is 128 cm³/mol. The molecule has 1 aliphatic carbocycles. The van der Waals surface area contributed by atoms with E-state index in [0.717, 1.165) is 42.6 Å². The summed E-state index contributed by atoms with van der Waals surface area (Å²) < 4.78 is 0.913. The molecule has 0 saturated carbocycles. The Kier molecular flexibility index (Phi) is 9.98. The molecule has 1 aliphatic rings. The van der Waals surface area contributed by atoms with Gasteiger partial charge in [-0.1, -0.05) is 43.7 Å². The molecule has 0 fully saturated rings. The van der Waals surface area contributed by atoms with Crippen LogP contribution in [0.2, 0.25) is 0 Å². The number of allylic oxidation sites excluding steroid dienone is 2. The largest absolute Gasteiger partial charge is 0.846 e. The van der Waals surface area contributed by atoms with Gasteiger partial charge in [-0.25, -0.2) is 4.99 Å². The zero-order chi connectivity index (χ0) is 20.0. The molecule has 0 bridgehead atoms. The van der Waals surface area contributed by atoms with Gasteiger partial charge >= 0.3 is 0 Å². The van der Waals surface area contributed by atoms with Crippen LogP contribution in [0, 0.1) is 17.8 Å². The third kappa shape index (κ3) is 8.11. The zero-order valence-corrected chi connectivity index (χ0v) is 20.7. The summed E-state index contributed by atoms with van der Waals surface area (Å²) in [4.78, 5) is 6.35. The molecule has 28 heavy (non-hydrogen) atoms. The molecule has 1 aromatic rings. The molecule has 0 N–H and O–H groups in total. The highest BCUT2D eigenvalue weighted by Gasteiger charge is 2.28. The van der Waals surface area contributed by atoms with Gasteiger partial charge in [0.15, 0.2) is 0 Å². The molecule has 1 aromatic carbocycles. The van der Waals surface area contributed by atoms with Crippen LogP contribution >= 0.6 is 24.0 Å². The average molecular weight is 499 g/mol. The molecule has 0 spiro atoms. The SMILES string of the molecule is CC1=CC(C)C(CN(CCC[N+](C)(C)C)C([O-])=Nc2ccccc2)C(C)C1.I. The monoisotopic (exact) mass is 499 g/mol. The zero-order valence-electron chi connectivity index (χ0n) is 18.4. The molecule has 3 atom stereocenters. The number of benzene rings is 1. The van der Waals surface area contributed by atoms with Gasteiger partial charge in [0.1, 0.15) is 0 Å². The molecule has 0 saturated heterocycles. The highest BCUT2D eigenvalue weighted by Crippen LogP contribution is 2.34. The lowest BCUT2D eigenvalue weighted by Gasteiger charge is -2.40. The molecule has 0 amide bonds. The van der Waals surface area contributed by atoms with Crippen molar-refractivity contribution in [3.8, 4) is 0 Å². The van der Waals surface area contributed by atoms with Crippen molar-refractivity contribution >= 4 is 35.7 Å². The number of halogens is 1. The maximum Gasteiger partial charge on any atom is 0.0797 e. The topological polar surface area (TPSA) is 38.7 Å². The van der Waals surface area contributed by atoms with Crippen molar-refractivity contribution in [3.05, 3.63) is 42.0 Å². The van der Waals surface area contributed by atoms with E-state index >= 15 is 0 Å². The molecule has 5 heteroatoms. The van der Waals surface area contributed by atoms with Gasteiger partial charge < -0.3 is 14.5 Å². The Labute approximate surface area is 189 Å². The molecule has 4 nitrogen and oxygen atoms in total. The number of aliphatic imine (C=N–C) groups is 1. The summed E-state index contributed by atoms with van der Waals surface area (Å²) in [5.41, 5.74) is 2.21. The van der Waals surface area contributed by atoms with E-state index in [1.165, 1.54) is 5.57 Å². The molecule has 2 rings (SSSR count). The maximum absolute atomic E-state index is 13.0. The first-order chi connectivity index (χ1) is 12.7. The third-order valence-electron chi connectivity index (χ3n) is 5.54. The Morgan fingerprint density at radius 2 is 1.82 bits per heavy atom. The number of nitrogens with zero attached hydrogens (tertiary/aromatic N) is 3. The van der Waals surface area contributed by atoms with Crippen molar-refractivity contribution in [1.29, 1.82) is 0 Å². The molecular weight excluding hydrogens is 461 g/mol. The lowest BCUT2D eigenvalue weighted by molar-refractivity contribution is -0.870. The average Bonchev–Trinajstić information content (AvgIpc) is 2.56. The van der Waals surface area contributed by atoms with Crippen LogP contribution in [0.4, 0.5) is 5.69 Å². The Balaban J connectivity index is 0.00000392. The first-order valence-electron chi connectivity index (χ1n) is 10.2. The Bertz CT molecular complexity index is 652. The molecule has 0 radical (unpaired) electrons. The molecule has 0 aromatic heterocycles. The predicted octanol–water partition coefficient (Wildman–Crippen LogP) is 4.29. The number of rotatable bonds is 7. The number of para-hydroxylation sites is 1. The van der Waals surface area contributed by atoms with Crippen LogP contribution in [0.3, 0.4) is 0 Å². The molecule has 0 aliphatic heterocycles. The lowest BCUT2D eigenvalue weighted by atomic mass is 9.75. The first kappa shape index (κ1) is 25.0. The summed E-state index contributed by atoms with van der Waals surface area (Å²) in [5.74, 6) is 1.59. The van der Waals surface area contributed by atoms with Crippen molar-refractivity contribution in [2.75, 3.05) is 40.8 Å². The minimum Gasteiger partial charge on any atom is -0.846 e. The third-order valence-corrected chi connectivity index (χ3v) is 5.54. The van der Waals surface area contributed by atoms with Crippen LogP contribution in [0.25, 0.3) is 0 Å². The molecular formula is C23H38IN3O. The lowest BCUT2D eigenvalue weighted by Crippen LogP contribution is -2.47. The second-order valence-electron chi connectivity index (χ2n) is 9.26. The van der Waals surface area contributed by atoms with Crippen LogP contribution in [0.15, 0.2) is 47.0 Å². The van der Waals surface area contributed by atoms with Gasteiger partial charge in [-0.3, -0.25) is 0 Å². The summed E-state index contributed by atoms with van der Waals surface area (Å²) in [6.45, 7) is 9.43. The van der Waals surface area contributed by atoms with Crippen LogP contribution < -0.4 is 5.11 Å². The van der Waals surface area contributed by atoms with Crippen LogP contribution in [0.5, 0.6) is 0 Å². The van der Waals surface area contributed by atoms with Crippen LogP contribution in [-0.4, -0.2) is 56.2 Å². The Hall–Kier alpha value is -1.08. The second kappa shape index (κ2) is 11.2. The fourth-order valence-corrected chi connectivity index (χ4v) is 4.10. The highest BCUT2D eigenvalue weighted by atomic mass is 127. The van der Waals surface area contributed by atoms with Crippen molar-refractivity contribution in [3.63, 3.8) is 0 Å². The van der Waals surface area contributed by atoms with E-state index in [4.69, 9.17) is 0 Å². The van der Waals surface area contributed by atoms with Crippen LogP contribution in [0.1, 0.15) is 33.6 Å². The van der Waals surface area contributed by atoms with Crippen molar-refractivity contribution in [2.24, 2.45) is 22.7 Å². The summed E-state index contributed by atoms with van der Waals surface area (Å²) in [6, 6.07) is 9.47. The van der Waals surface area contributed by atoms with E-state index in [1.807, 2.05) is 35.2 Å². The van der Waals surface area contributed by atoms with Crippen LogP contribution in [-0.2, 0) is 0 Å². The maximum atomic E-state index is 13.0. The van der Waals surface area contributed by atoms with Gasteiger partial charge in [0.2, 0.25) is 0 Å². The van der Waals surface area contributed by atoms with Gasteiger partial charge in [-0.2, -0.15) is 0 Å². The summed E-state index contributed by atoms with van der Waals surface area (Å²) in [5, 5.41) is 13.0. The molecule has 3 unspecified atom stereocenters. The van der Waals surface area contributed by atoms with Crippen molar-refractivity contribution in [2.45, 2.75) is 33.6 Å². The fourth-order valence-electron chi connectivity index (χ4n) is 4.10. The van der Waals surface area contributed by atoms with Crippen molar-refractivity contribution in [1.82, 2.24) is 4.90 Å². The highest BCUT2D eigenvalue weighted by molar-refractivity contribution is 14.0. The van der Waals surface area contributed by atoms with E-state index in [2.05, 4.69) is 53.0 Å². The van der Waals surface area contributed by atoms with Gasteiger partial charge in [-0.05, 0) is 43.2 Å². The number of hydrogen-bond acceptors (Lipinski definition) is 2. The van der Waals surface area contributed by atoms with Gasteiger partial charge in [-0.15, -0.1) is 24.0 Å². The van der Waals surface area contributed by atoms with E-state index < -0.39 is 0 Å². The Morgan fingerprint density at radius 1 is 1.18 bits per heavy atom. The van der Waals surface area contributed by atoms with E-state index in [0.29, 0.717) is 17.8 Å². The van der Waals surface area contributed by atoms with Gasteiger partial charge in [0, 0.05) is 19.5 Å². The smallest absolute Gasteiger partial charge is 0.0797 e. The van der Waals surface area contributed by atoms with Gasteiger partial charge in [0.05, 0.1) is 39.4 Å². The van der Waals surface area contributed by atoms with E-state index in [9.17, 15) is 5.11 Å². The summed E-state index contributed by atoms with van der Waals surface area (Å²) in [6.07, 6.45) is 4.50. The minimum atomic E-state index is -0.103. The van der Waals surface area contributed by atoms with E-state index in [1.54, 1.807) is 0 Å².